The molecule has 112 valence electrons. The van der Waals surface area contributed by atoms with Crippen molar-refractivity contribution in [1.82, 2.24) is 15.0 Å². The molecule has 1 aromatic carbocycles. The first-order chi connectivity index (χ1) is 10.4. The Balaban J connectivity index is 1.67. The fraction of sp³-hybridized carbons (Fsp3) is 0.500. The summed E-state index contributed by atoms with van der Waals surface area (Å²) in [6, 6.07) is 10.5. The first kappa shape index (κ1) is 14.2. The van der Waals surface area contributed by atoms with Crippen molar-refractivity contribution in [1.29, 1.82) is 0 Å². The third-order valence-electron chi connectivity index (χ3n) is 4.03. The van der Waals surface area contributed by atoms with Crippen molar-refractivity contribution in [2.24, 2.45) is 0 Å². The van der Waals surface area contributed by atoms with Gasteiger partial charge in [0.1, 0.15) is 0 Å². The van der Waals surface area contributed by atoms with Crippen LogP contribution in [0.15, 0.2) is 34.9 Å². The Morgan fingerprint density at radius 1 is 1.24 bits per heavy atom. The van der Waals surface area contributed by atoms with Gasteiger partial charge in [0, 0.05) is 24.8 Å². The Morgan fingerprint density at radius 2 is 2.05 bits per heavy atom. The van der Waals surface area contributed by atoms with E-state index in [2.05, 4.69) is 15.0 Å². The Labute approximate surface area is 124 Å². The van der Waals surface area contributed by atoms with E-state index in [9.17, 15) is 0 Å². The van der Waals surface area contributed by atoms with Crippen LogP contribution in [0.25, 0.3) is 11.4 Å². The molecule has 1 saturated carbocycles. The molecule has 1 N–H and O–H groups in total. The van der Waals surface area contributed by atoms with Crippen LogP contribution >= 0.6 is 0 Å². The summed E-state index contributed by atoms with van der Waals surface area (Å²) in [6.45, 7) is 1.77. The van der Waals surface area contributed by atoms with E-state index in [1.165, 1.54) is 19.3 Å². The molecule has 1 aliphatic carbocycles. The molecule has 0 unspecified atom stereocenters. The molecule has 5 nitrogen and oxygen atoms in total. The maximum atomic E-state index is 9.03. The van der Waals surface area contributed by atoms with Crippen LogP contribution in [-0.4, -0.2) is 39.3 Å². The minimum Gasteiger partial charge on any atom is -0.396 e. The van der Waals surface area contributed by atoms with Crippen LogP contribution in [0.3, 0.4) is 0 Å². The summed E-state index contributed by atoms with van der Waals surface area (Å²) in [4.78, 5) is 6.84. The molecule has 21 heavy (non-hydrogen) atoms. The molecule has 0 atom stereocenters. The molecular weight excluding hydrogens is 266 g/mol. The molecule has 3 rings (SSSR count). The molecule has 1 aromatic heterocycles. The number of aromatic nitrogens is 2. The van der Waals surface area contributed by atoms with Gasteiger partial charge in [-0.25, -0.2) is 0 Å². The zero-order valence-electron chi connectivity index (χ0n) is 12.1. The summed E-state index contributed by atoms with van der Waals surface area (Å²) in [5, 5.41) is 13.1. The van der Waals surface area contributed by atoms with Gasteiger partial charge < -0.3 is 9.63 Å². The average molecular weight is 287 g/mol. The second-order valence-corrected chi connectivity index (χ2v) is 5.51. The highest BCUT2D eigenvalue weighted by Gasteiger charge is 2.26. The van der Waals surface area contributed by atoms with Crippen LogP contribution < -0.4 is 0 Å². The van der Waals surface area contributed by atoms with Crippen LogP contribution in [0.5, 0.6) is 0 Å². The Kier molecular flexibility index (Phi) is 4.62. The molecule has 0 bridgehead atoms. The molecule has 1 fully saturated rings. The SMILES string of the molecule is OCCCN(Cc1nc(-c2ccccc2)no1)C1CCC1. The van der Waals surface area contributed by atoms with Gasteiger partial charge in [0.15, 0.2) is 0 Å². The molecule has 1 aliphatic rings. The van der Waals surface area contributed by atoms with Crippen molar-refractivity contribution in [2.75, 3.05) is 13.2 Å². The summed E-state index contributed by atoms with van der Waals surface area (Å²) >= 11 is 0. The number of rotatable bonds is 7. The van der Waals surface area contributed by atoms with Gasteiger partial charge in [-0.3, -0.25) is 4.90 Å². The lowest BCUT2D eigenvalue weighted by Crippen LogP contribution is -2.40. The number of hydrogen-bond acceptors (Lipinski definition) is 5. The lowest BCUT2D eigenvalue weighted by molar-refractivity contribution is 0.0969. The number of hydrogen-bond donors (Lipinski definition) is 1. The van der Waals surface area contributed by atoms with Gasteiger partial charge in [-0.05, 0) is 19.3 Å². The summed E-state index contributed by atoms with van der Waals surface area (Å²) in [6.07, 6.45) is 4.53. The minimum atomic E-state index is 0.225. The van der Waals surface area contributed by atoms with Gasteiger partial charge >= 0.3 is 0 Å². The fourth-order valence-electron chi connectivity index (χ4n) is 2.61. The van der Waals surface area contributed by atoms with E-state index in [-0.39, 0.29) is 6.61 Å². The number of aliphatic hydroxyl groups is 1. The molecule has 1 heterocycles. The first-order valence-electron chi connectivity index (χ1n) is 7.60. The van der Waals surface area contributed by atoms with E-state index < -0.39 is 0 Å². The summed E-state index contributed by atoms with van der Waals surface area (Å²) in [5.41, 5.74) is 0.970. The predicted octanol–water partition coefficient (Wildman–Crippen LogP) is 2.47. The van der Waals surface area contributed by atoms with Crippen molar-refractivity contribution in [3.8, 4) is 11.4 Å². The molecule has 0 radical (unpaired) electrons. The van der Waals surface area contributed by atoms with E-state index >= 15 is 0 Å². The smallest absolute Gasteiger partial charge is 0.241 e. The topological polar surface area (TPSA) is 62.4 Å². The van der Waals surface area contributed by atoms with Crippen molar-refractivity contribution in [3.05, 3.63) is 36.2 Å². The van der Waals surface area contributed by atoms with Crippen molar-refractivity contribution in [3.63, 3.8) is 0 Å². The van der Waals surface area contributed by atoms with Gasteiger partial charge in [-0.1, -0.05) is 41.9 Å². The normalized spacial score (nSPS) is 15.3. The second kappa shape index (κ2) is 6.83. The van der Waals surface area contributed by atoms with Crippen molar-refractivity contribution >= 4 is 0 Å². The van der Waals surface area contributed by atoms with Gasteiger partial charge in [-0.2, -0.15) is 4.98 Å². The average Bonchev–Trinajstić information content (AvgIpc) is 2.92. The predicted molar refractivity (Wildman–Crippen MR) is 79.5 cm³/mol. The first-order valence-corrected chi connectivity index (χ1v) is 7.60. The second-order valence-electron chi connectivity index (χ2n) is 5.51. The van der Waals surface area contributed by atoms with Crippen LogP contribution in [0.1, 0.15) is 31.6 Å². The molecule has 0 amide bonds. The van der Waals surface area contributed by atoms with E-state index in [4.69, 9.17) is 9.63 Å². The molecule has 0 aliphatic heterocycles. The maximum absolute atomic E-state index is 9.03. The van der Waals surface area contributed by atoms with E-state index in [0.29, 0.717) is 24.3 Å². The molecule has 2 aromatic rings. The third-order valence-corrected chi connectivity index (χ3v) is 4.03. The highest BCUT2D eigenvalue weighted by Crippen LogP contribution is 2.26. The third kappa shape index (κ3) is 3.49. The molecule has 0 saturated heterocycles. The molecule has 5 heteroatoms. The van der Waals surface area contributed by atoms with Gasteiger partial charge in [0.05, 0.1) is 6.54 Å². The Bertz CT molecular complexity index is 552. The van der Waals surface area contributed by atoms with E-state index in [1.54, 1.807) is 0 Å². The molecular formula is C16H21N3O2. The lowest BCUT2D eigenvalue weighted by atomic mass is 9.91. The highest BCUT2D eigenvalue weighted by atomic mass is 16.5. The van der Waals surface area contributed by atoms with Gasteiger partial charge in [0.25, 0.3) is 0 Å². The summed E-state index contributed by atoms with van der Waals surface area (Å²) in [5.74, 6) is 1.29. The number of benzene rings is 1. The maximum Gasteiger partial charge on any atom is 0.241 e. The largest absolute Gasteiger partial charge is 0.396 e. The number of aliphatic hydroxyl groups excluding tert-OH is 1. The van der Waals surface area contributed by atoms with Crippen LogP contribution in [0, 0.1) is 0 Å². The van der Waals surface area contributed by atoms with Crippen LogP contribution in [0.2, 0.25) is 0 Å². The lowest BCUT2D eigenvalue weighted by Gasteiger charge is -2.36. The fourth-order valence-corrected chi connectivity index (χ4v) is 2.61. The quantitative estimate of drug-likeness (QED) is 0.847. The van der Waals surface area contributed by atoms with Crippen LogP contribution in [-0.2, 0) is 6.54 Å². The van der Waals surface area contributed by atoms with Crippen molar-refractivity contribution in [2.45, 2.75) is 38.3 Å². The standard InChI is InChI=1S/C16H21N3O2/c20-11-5-10-19(14-8-4-9-14)12-15-17-16(18-21-15)13-6-2-1-3-7-13/h1-3,6-7,14,20H,4-5,8-12H2. The number of nitrogens with zero attached hydrogens (tertiary/aromatic N) is 3. The van der Waals surface area contributed by atoms with E-state index in [1.807, 2.05) is 30.3 Å². The van der Waals surface area contributed by atoms with Gasteiger partial charge in [0.2, 0.25) is 11.7 Å². The zero-order valence-corrected chi connectivity index (χ0v) is 12.1. The Morgan fingerprint density at radius 3 is 2.71 bits per heavy atom. The zero-order chi connectivity index (χ0) is 14.5. The van der Waals surface area contributed by atoms with Crippen LogP contribution in [0.4, 0.5) is 0 Å². The Hall–Kier alpha value is -1.72. The summed E-state index contributed by atoms with van der Waals surface area (Å²) < 4.78 is 5.38. The van der Waals surface area contributed by atoms with Gasteiger partial charge in [-0.15, -0.1) is 0 Å². The summed E-state index contributed by atoms with van der Waals surface area (Å²) in [7, 11) is 0. The van der Waals surface area contributed by atoms with Crippen molar-refractivity contribution < 1.29 is 9.63 Å². The molecule has 0 spiro atoms. The van der Waals surface area contributed by atoms with E-state index in [0.717, 1.165) is 18.5 Å². The minimum absolute atomic E-state index is 0.225. The highest BCUT2D eigenvalue weighted by molar-refractivity contribution is 5.53. The monoisotopic (exact) mass is 287 g/mol.